The number of hydrogen-bond acceptors (Lipinski definition) is 3. The molecule has 4 nitrogen and oxygen atoms in total. The van der Waals surface area contributed by atoms with E-state index in [2.05, 4.69) is 24.5 Å². The Labute approximate surface area is 97.8 Å². The quantitative estimate of drug-likeness (QED) is 0.652. The topological polar surface area (TPSA) is 61.4 Å². The molecule has 0 aliphatic heterocycles. The average Bonchev–Trinajstić information content (AvgIpc) is 2.29. The highest BCUT2D eigenvalue weighted by Crippen LogP contribution is 2.17. The zero-order valence-corrected chi connectivity index (χ0v) is 10.3. The van der Waals surface area contributed by atoms with Gasteiger partial charge in [0.15, 0.2) is 0 Å². The number of rotatable bonds is 5. The highest BCUT2D eigenvalue weighted by molar-refractivity contribution is 5.78. The molecule has 0 heterocycles. The van der Waals surface area contributed by atoms with Gasteiger partial charge in [0.05, 0.1) is 12.6 Å². The van der Waals surface area contributed by atoms with Crippen LogP contribution >= 0.6 is 0 Å². The van der Waals surface area contributed by atoms with E-state index in [4.69, 9.17) is 0 Å². The first-order valence-electron chi connectivity index (χ1n) is 6.32. The summed E-state index contributed by atoms with van der Waals surface area (Å²) in [5.41, 5.74) is 0. The Morgan fingerprint density at radius 3 is 2.56 bits per heavy atom. The van der Waals surface area contributed by atoms with E-state index >= 15 is 0 Å². The summed E-state index contributed by atoms with van der Waals surface area (Å²) >= 11 is 0. The first-order valence-corrected chi connectivity index (χ1v) is 6.32. The molecule has 1 rings (SSSR count). The average molecular weight is 228 g/mol. The molecule has 16 heavy (non-hydrogen) atoms. The predicted octanol–water partition coefficient (Wildman–Crippen LogP) is 0.794. The molecule has 0 aromatic heterocycles. The van der Waals surface area contributed by atoms with E-state index in [1.54, 1.807) is 0 Å². The van der Waals surface area contributed by atoms with Crippen LogP contribution in [0.15, 0.2) is 0 Å². The maximum atomic E-state index is 11.6. The van der Waals surface area contributed by atoms with Gasteiger partial charge >= 0.3 is 0 Å². The Balaban J connectivity index is 2.14. The number of carbonyl (C=O) groups is 1. The van der Waals surface area contributed by atoms with E-state index in [1.165, 1.54) is 0 Å². The molecule has 94 valence electrons. The second kappa shape index (κ2) is 6.86. The van der Waals surface area contributed by atoms with Crippen LogP contribution in [0.4, 0.5) is 0 Å². The maximum absolute atomic E-state index is 11.6. The number of carbonyl (C=O) groups excluding carboxylic acids is 1. The number of nitrogens with one attached hydrogen (secondary N) is 2. The third-order valence-corrected chi connectivity index (χ3v) is 3.29. The van der Waals surface area contributed by atoms with Crippen molar-refractivity contribution in [2.24, 2.45) is 0 Å². The lowest BCUT2D eigenvalue weighted by Gasteiger charge is -2.26. The van der Waals surface area contributed by atoms with Gasteiger partial charge in [-0.25, -0.2) is 0 Å². The molecule has 0 saturated heterocycles. The molecule has 0 aromatic carbocycles. The minimum atomic E-state index is -0.161. The molecule has 1 aliphatic rings. The van der Waals surface area contributed by atoms with Gasteiger partial charge in [-0.1, -0.05) is 6.92 Å². The van der Waals surface area contributed by atoms with E-state index < -0.39 is 0 Å². The van der Waals surface area contributed by atoms with E-state index in [0.717, 1.165) is 32.1 Å². The van der Waals surface area contributed by atoms with Crippen LogP contribution in [0.5, 0.6) is 0 Å². The van der Waals surface area contributed by atoms with Crippen molar-refractivity contribution in [1.29, 1.82) is 0 Å². The molecule has 1 amide bonds. The minimum Gasteiger partial charge on any atom is -0.393 e. The van der Waals surface area contributed by atoms with Crippen molar-refractivity contribution in [3.05, 3.63) is 0 Å². The highest BCUT2D eigenvalue weighted by atomic mass is 16.3. The van der Waals surface area contributed by atoms with Gasteiger partial charge in [-0.3, -0.25) is 4.79 Å². The Kier molecular flexibility index (Phi) is 5.77. The zero-order valence-electron chi connectivity index (χ0n) is 10.3. The summed E-state index contributed by atoms with van der Waals surface area (Å²) in [7, 11) is 0. The van der Waals surface area contributed by atoms with Gasteiger partial charge in [0.25, 0.3) is 0 Å². The van der Waals surface area contributed by atoms with Gasteiger partial charge in [0.1, 0.15) is 0 Å². The lowest BCUT2D eigenvalue weighted by molar-refractivity contribution is -0.121. The molecule has 1 saturated carbocycles. The maximum Gasteiger partial charge on any atom is 0.234 e. The van der Waals surface area contributed by atoms with Gasteiger partial charge in [0.2, 0.25) is 5.91 Å². The smallest absolute Gasteiger partial charge is 0.234 e. The summed E-state index contributed by atoms with van der Waals surface area (Å²) < 4.78 is 0. The Morgan fingerprint density at radius 1 is 1.38 bits per heavy atom. The van der Waals surface area contributed by atoms with Crippen LogP contribution < -0.4 is 10.6 Å². The summed E-state index contributed by atoms with van der Waals surface area (Å²) in [4.78, 5) is 11.6. The van der Waals surface area contributed by atoms with E-state index in [-0.39, 0.29) is 18.1 Å². The standard InChI is InChI=1S/C12H24N2O2/c1-3-9(2)13-8-12(16)14-10-4-6-11(15)7-5-10/h9-11,13,15H,3-8H2,1-2H3,(H,14,16). The summed E-state index contributed by atoms with van der Waals surface area (Å²) in [6.45, 7) is 4.57. The van der Waals surface area contributed by atoms with Crippen molar-refractivity contribution >= 4 is 5.91 Å². The zero-order chi connectivity index (χ0) is 12.0. The van der Waals surface area contributed by atoms with Crippen molar-refractivity contribution in [2.75, 3.05) is 6.54 Å². The molecule has 3 N–H and O–H groups in total. The highest BCUT2D eigenvalue weighted by Gasteiger charge is 2.20. The third-order valence-electron chi connectivity index (χ3n) is 3.29. The largest absolute Gasteiger partial charge is 0.393 e. The van der Waals surface area contributed by atoms with Crippen LogP contribution in [-0.4, -0.2) is 35.7 Å². The van der Waals surface area contributed by atoms with Crippen molar-refractivity contribution in [1.82, 2.24) is 10.6 Å². The molecular formula is C12H24N2O2. The van der Waals surface area contributed by atoms with Crippen LogP contribution in [0.2, 0.25) is 0 Å². The van der Waals surface area contributed by atoms with Gasteiger partial charge in [-0.05, 0) is 39.0 Å². The number of hydrogen-bond donors (Lipinski definition) is 3. The molecule has 1 atom stereocenters. The molecule has 1 unspecified atom stereocenters. The second-order valence-corrected chi connectivity index (χ2v) is 4.76. The Bertz CT molecular complexity index is 213. The van der Waals surface area contributed by atoms with Crippen LogP contribution in [0.3, 0.4) is 0 Å². The summed E-state index contributed by atoms with van der Waals surface area (Å²) in [6, 6.07) is 0.647. The van der Waals surface area contributed by atoms with Crippen LogP contribution in [0.25, 0.3) is 0 Å². The molecule has 0 spiro atoms. The number of aliphatic hydroxyl groups is 1. The predicted molar refractivity (Wildman–Crippen MR) is 64.2 cm³/mol. The second-order valence-electron chi connectivity index (χ2n) is 4.76. The molecule has 4 heteroatoms. The first kappa shape index (κ1) is 13.5. The fourth-order valence-corrected chi connectivity index (χ4v) is 1.91. The molecule has 0 radical (unpaired) electrons. The van der Waals surface area contributed by atoms with Gasteiger partial charge in [-0.2, -0.15) is 0 Å². The molecule has 0 bridgehead atoms. The number of amides is 1. The third kappa shape index (κ3) is 4.94. The lowest BCUT2D eigenvalue weighted by Crippen LogP contribution is -2.44. The fourth-order valence-electron chi connectivity index (χ4n) is 1.91. The normalized spacial score (nSPS) is 27.4. The van der Waals surface area contributed by atoms with Gasteiger partial charge < -0.3 is 15.7 Å². The summed E-state index contributed by atoms with van der Waals surface area (Å²) in [5.74, 6) is 0.0710. The lowest BCUT2D eigenvalue weighted by atomic mass is 9.93. The van der Waals surface area contributed by atoms with Crippen LogP contribution in [0.1, 0.15) is 46.0 Å². The van der Waals surface area contributed by atoms with Crippen LogP contribution in [0, 0.1) is 0 Å². The van der Waals surface area contributed by atoms with Crippen LogP contribution in [-0.2, 0) is 4.79 Å². The monoisotopic (exact) mass is 228 g/mol. The fraction of sp³-hybridized carbons (Fsp3) is 0.917. The molecule has 0 aromatic rings. The van der Waals surface area contributed by atoms with E-state index in [9.17, 15) is 9.90 Å². The molecule has 1 fully saturated rings. The van der Waals surface area contributed by atoms with Crippen molar-refractivity contribution < 1.29 is 9.90 Å². The molecular weight excluding hydrogens is 204 g/mol. The summed E-state index contributed by atoms with van der Waals surface area (Å²) in [6.07, 6.45) is 4.29. The van der Waals surface area contributed by atoms with Gasteiger partial charge in [-0.15, -0.1) is 0 Å². The van der Waals surface area contributed by atoms with E-state index in [1.807, 2.05) is 0 Å². The SMILES string of the molecule is CCC(C)NCC(=O)NC1CCC(O)CC1. The van der Waals surface area contributed by atoms with Crippen molar-refractivity contribution in [2.45, 2.75) is 64.1 Å². The molecule has 1 aliphatic carbocycles. The van der Waals surface area contributed by atoms with Gasteiger partial charge in [0, 0.05) is 12.1 Å². The first-order chi connectivity index (χ1) is 7.61. The summed E-state index contributed by atoms with van der Waals surface area (Å²) in [5, 5.41) is 15.5. The number of aliphatic hydroxyl groups excluding tert-OH is 1. The van der Waals surface area contributed by atoms with Crippen molar-refractivity contribution in [3.63, 3.8) is 0 Å². The Morgan fingerprint density at radius 2 is 2.00 bits per heavy atom. The van der Waals surface area contributed by atoms with E-state index in [0.29, 0.717) is 12.6 Å². The Hall–Kier alpha value is -0.610. The van der Waals surface area contributed by atoms with Crippen molar-refractivity contribution in [3.8, 4) is 0 Å². The minimum absolute atomic E-state index is 0.0710.